The number of nitrogens with one attached hydrogen (secondary N) is 2. The number of rotatable bonds is 8. The molecule has 3 heterocycles. The molecule has 2 aliphatic rings. The van der Waals surface area contributed by atoms with Crippen LogP contribution < -0.4 is 14.9 Å². The van der Waals surface area contributed by atoms with E-state index in [0.29, 0.717) is 20.0 Å². The molecule has 0 saturated carbocycles. The molecule has 4 rings (SSSR count). The average Bonchev–Trinajstić information content (AvgIpc) is 3.57. The number of hydroxylamine groups is 3. The van der Waals surface area contributed by atoms with E-state index in [2.05, 4.69) is 5.32 Å². The van der Waals surface area contributed by atoms with E-state index in [9.17, 15) is 28.0 Å². The molecule has 1 aromatic heterocycles. The second-order valence-corrected chi connectivity index (χ2v) is 12.0. The first-order valence-corrected chi connectivity index (χ1v) is 14.0. The van der Waals surface area contributed by atoms with Gasteiger partial charge in [0.05, 0.1) is 58.1 Å². The van der Waals surface area contributed by atoms with Crippen LogP contribution in [0.1, 0.15) is 39.0 Å². The first kappa shape index (κ1) is 19.5. The summed E-state index contributed by atoms with van der Waals surface area (Å²) in [5.74, 6) is -2.91. The van der Waals surface area contributed by atoms with Crippen LogP contribution in [0.3, 0.4) is 0 Å². The normalized spacial score (nSPS) is 26.9. The molecule has 0 bridgehead atoms. The first-order valence-electron chi connectivity index (χ1n) is 15.3. The number of amides is 3. The number of hydrogen-bond acceptors (Lipinski definition) is 7. The maximum Gasteiger partial charge on any atom is 0.261 e. The third-order valence-electron chi connectivity index (χ3n) is 5.74. The van der Waals surface area contributed by atoms with Crippen molar-refractivity contribution in [3.8, 4) is 0 Å². The molecule has 1 atom stereocenters. The number of carbonyl (C=O) groups excluding carboxylic acids is 3. The molecule has 0 aliphatic carbocycles. The largest absolute Gasteiger partial charge is 0.633 e. The lowest BCUT2D eigenvalue weighted by Crippen LogP contribution is -2.60. The van der Waals surface area contributed by atoms with Gasteiger partial charge in [0.15, 0.2) is 0 Å². The fourth-order valence-corrected chi connectivity index (χ4v) is 6.26. The molecule has 2 aromatic rings. The van der Waals surface area contributed by atoms with Crippen molar-refractivity contribution in [1.82, 2.24) is 14.9 Å². The highest BCUT2D eigenvalue weighted by atomic mass is 35.5. The zero-order chi connectivity index (χ0) is 34.8. The van der Waals surface area contributed by atoms with E-state index in [-0.39, 0.29) is 32.8 Å². The molecule has 206 valence electrons. The highest BCUT2D eigenvalue weighted by molar-refractivity contribution is 7.89. The first-order chi connectivity index (χ1) is 20.9. The van der Waals surface area contributed by atoms with Gasteiger partial charge < -0.3 is 25.0 Å². The van der Waals surface area contributed by atoms with Gasteiger partial charge in [0, 0.05) is 25.2 Å². The number of hydrogen-bond donors (Lipinski definition) is 2. The minimum absolute atomic E-state index is 0.0357. The Hall–Kier alpha value is -2.55. The molecule has 3 amide bonds. The van der Waals surface area contributed by atoms with Crippen LogP contribution in [0.15, 0.2) is 35.2 Å². The molecule has 38 heavy (non-hydrogen) atoms. The topological polar surface area (TPSA) is 139 Å². The summed E-state index contributed by atoms with van der Waals surface area (Å²) in [6.07, 6.45) is 0.795. The van der Waals surface area contributed by atoms with Crippen LogP contribution in [-0.4, -0.2) is 87.9 Å². The van der Waals surface area contributed by atoms with Gasteiger partial charge in [-0.3, -0.25) is 14.4 Å². The number of carbonyl (C=O) groups is 3. The van der Waals surface area contributed by atoms with Gasteiger partial charge in [0.1, 0.15) is 6.04 Å². The van der Waals surface area contributed by atoms with E-state index in [0.717, 1.165) is 17.4 Å². The lowest BCUT2D eigenvalue weighted by atomic mass is 10.2. The molecular formula is C24H30ClN5O6S2. The molecule has 2 N–H and O–H groups in total. The van der Waals surface area contributed by atoms with E-state index in [1.165, 1.54) is 36.1 Å². The summed E-state index contributed by atoms with van der Waals surface area (Å²) in [4.78, 5) is 39.8. The Labute approximate surface area is 241 Å². The van der Waals surface area contributed by atoms with E-state index in [1.54, 1.807) is 0 Å². The SMILES string of the molecule is [2H]C1([2H])N(C(=O)[C@H](CNC(=O)c2ccc(Cl)s2)NS(=O)(=O)c2cccc(N3CCCC3=O)c2C)C([2H])([2H])C([2H])([2H])[N+](C)([O-])C1([2H])[2H]. The van der Waals surface area contributed by atoms with Gasteiger partial charge in [-0.15, -0.1) is 11.3 Å². The van der Waals surface area contributed by atoms with Crippen molar-refractivity contribution >= 4 is 56.4 Å². The molecule has 0 spiro atoms. The van der Waals surface area contributed by atoms with Crippen molar-refractivity contribution in [2.45, 2.75) is 30.7 Å². The maximum absolute atomic E-state index is 14.0. The number of quaternary nitrogens is 1. The van der Waals surface area contributed by atoms with Gasteiger partial charge in [-0.2, -0.15) is 4.72 Å². The van der Waals surface area contributed by atoms with Crippen molar-refractivity contribution in [3.63, 3.8) is 0 Å². The van der Waals surface area contributed by atoms with Crippen molar-refractivity contribution in [3.05, 3.63) is 50.3 Å². The second kappa shape index (κ2) is 11.3. The van der Waals surface area contributed by atoms with Crippen molar-refractivity contribution in [2.75, 3.05) is 51.0 Å². The molecule has 0 unspecified atom stereocenters. The molecule has 11 nitrogen and oxygen atoms in total. The van der Waals surface area contributed by atoms with Crippen LogP contribution in [0.2, 0.25) is 4.34 Å². The van der Waals surface area contributed by atoms with Crippen LogP contribution in [0, 0.1) is 12.1 Å². The molecule has 2 saturated heterocycles. The number of thiophene rings is 1. The zero-order valence-electron chi connectivity index (χ0n) is 28.3. The smallest absolute Gasteiger partial charge is 0.261 e. The Balaban J connectivity index is 1.79. The zero-order valence-corrected chi connectivity index (χ0v) is 22.7. The number of sulfonamides is 1. The highest BCUT2D eigenvalue weighted by Crippen LogP contribution is 2.29. The van der Waals surface area contributed by atoms with Crippen LogP contribution >= 0.6 is 22.9 Å². The quantitative estimate of drug-likeness (QED) is 0.354. The number of benzene rings is 1. The maximum atomic E-state index is 14.0. The minimum Gasteiger partial charge on any atom is -0.633 e. The van der Waals surface area contributed by atoms with Crippen LogP contribution in [0.4, 0.5) is 5.69 Å². The molecular weight excluding hydrogens is 554 g/mol. The van der Waals surface area contributed by atoms with Crippen molar-refractivity contribution in [1.29, 1.82) is 0 Å². The Morgan fingerprint density at radius 2 is 1.97 bits per heavy atom. The number of halogens is 1. The van der Waals surface area contributed by atoms with Crippen LogP contribution in [0.5, 0.6) is 0 Å². The van der Waals surface area contributed by atoms with E-state index >= 15 is 0 Å². The van der Waals surface area contributed by atoms with Crippen LogP contribution in [0.25, 0.3) is 0 Å². The van der Waals surface area contributed by atoms with E-state index < -0.39 is 74.9 Å². The predicted octanol–water partition coefficient (Wildman–Crippen LogP) is 1.70. The third kappa shape index (κ3) is 6.35. The number of piperazine rings is 1. The Kier molecular flexibility index (Phi) is 5.79. The van der Waals surface area contributed by atoms with E-state index in [1.807, 2.05) is 4.72 Å². The van der Waals surface area contributed by atoms with Gasteiger partial charge in [0.25, 0.3) is 5.91 Å². The fourth-order valence-electron chi connectivity index (χ4n) is 3.85. The lowest BCUT2D eigenvalue weighted by molar-refractivity contribution is -0.864. The van der Waals surface area contributed by atoms with Crippen molar-refractivity contribution in [2.24, 2.45) is 0 Å². The number of anilines is 1. The molecule has 1 aromatic carbocycles. The summed E-state index contributed by atoms with van der Waals surface area (Å²) in [5.41, 5.74) is 0.373. The number of likely N-dealkylation sites (N-methyl/N-ethyl adjacent to an activating group) is 1. The molecule has 2 fully saturated rings. The van der Waals surface area contributed by atoms with Crippen LogP contribution in [-0.2, 0) is 19.6 Å². The lowest BCUT2D eigenvalue weighted by Gasteiger charge is -2.45. The number of nitrogens with zero attached hydrogens (tertiary/aromatic N) is 3. The summed E-state index contributed by atoms with van der Waals surface area (Å²) >= 11 is 6.72. The predicted molar refractivity (Wildman–Crippen MR) is 144 cm³/mol. The van der Waals surface area contributed by atoms with Crippen molar-refractivity contribution < 1.29 is 38.4 Å². The summed E-state index contributed by atoms with van der Waals surface area (Å²) in [7, 11) is -4.43. The summed E-state index contributed by atoms with van der Waals surface area (Å²) < 4.78 is 93.3. The molecule has 2 aliphatic heterocycles. The Morgan fingerprint density at radius 3 is 2.58 bits per heavy atom. The molecule has 0 radical (unpaired) electrons. The summed E-state index contributed by atoms with van der Waals surface area (Å²) in [6.45, 7) is -14.5. The third-order valence-corrected chi connectivity index (χ3v) is 8.59. The van der Waals surface area contributed by atoms with Gasteiger partial charge in [-0.05, 0) is 43.2 Å². The monoisotopic (exact) mass is 591 g/mol. The van der Waals surface area contributed by atoms with Gasteiger partial charge in [-0.25, -0.2) is 8.42 Å². The Bertz CT molecular complexity index is 1660. The average molecular weight is 592 g/mol. The minimum atomic E-state index is -4.81. The van der Waals surface area contributed by atoms with Gasteiger partial charge >= 0.3 is 0 Å². The standard InChI is InChI=1S/C24H30ClN5O6S2/c1-16-18(29-10-4-7-22(29)31)5-3-6-20(16)38(35,36)27-17(15-26-23(32)19-8-9-21(25)37-19)24(33)28-11-13-30(2,34)14-12-28/h3,5-6,8-9,17,27H,4,7,10-15H2,1-2H3,(H,26,32)/t17-/m0/s1/i11D2,12D2,13D2,14D2. The van der Waals surface area contributed by atoms with Gasteiger partial charge in [-0.1, -0.05) is 17.7 Å². The highest BCUT2D eigenvalue weighted by Gasteiger charge is 2.34. The van der Waals surface area contributed by atoms with E-state index in [4.69, 9.17) is 22.6 Å². The summed E-state index contributed by atoms with van der Waals surface area (Å²) in [6, 6.07) is 4.49. The summed E-state index contributed by atoms with van der Waals surface area (Å²) in [5, 5.41) is 15.4. The van der Waals surface area contributed by atoms with Gasteiger partial charge in [0.2, 0.25) is 21.8 Å². The Morgan fingerprint density at radius 1 is 1.26 bits per heavy atom. The fraction of sp³-hybridized carbons (Fsp3) is 0.458. The molecule has 14 heteroatoms. The second-order valence-electron chi connectivity index (χ2n) is 8.58.